The lowest BCUT2D eigenvalue weighted by atomic mass is 9.97. The van der Waals surface area contributed by atoms with Gasteiger partial charge in [0.15, 0.2) is 5.78 Å². The number of fused-ring (bicyclic) bond motifs is 1. The van der Waals surface area contributed by atoms with E-state index in [9.17, 15) is 14.7 Å². The maximum atomic E-state index is 13.9. The summed E-state index contributed by atoms with van der Waals surface area (Å²) in [5.74, 6) is 1.07. The molecule has 2 heterocycles. The molecule has 3 aromatic carbocycles. The predicted octanol–water partition coefficient (Wildman–Crippen LogP) is 8.25. The molecule has 1 fully saturated rings. The van der Waals surface area contributed by atoms with Crippen LogP contribution in [0.4, 0.5) is 0 Å². The van der Waals surface area contributed by atoms with E-state index < -0.39 is 0 Å². The summed E-state index contributed by atoms with van der Waals surface area (Å²) in [6.45, 7) is 5.95. The molecular formula is C35H39NO5S. The Morgan fingerprint density at radius 2 is 1.62 bits per heavy atom. The second kappa shape index (κ2) is 14.5. The lowest BCUT2D eigenvalue weighted by molar-refractivity contribution is -0.134. The monoisotopic (exact) mass is 585 g/mol. The summed E-state index contributed by atoms with van der Waals surface area (Å²) in [6.07, 6.45) is 8.33. The van der Waals surface area contributed by atoms with Gasteiger partial charge in [-0.1, -0.05) is 32.6 Å². The maximum Gasteiger partial charge on any atom is 0.311 e. The van der Waals surface area contributed by atoms with Crippen LogP contribution in [0, 0.1) is 0 Å². The van der Waals surface area contributed by atoms with Crippen molar-refractivity contribution in [2.24, 2.45) is 0 Å². The molecule has 42 heavy (non-hydrogen) atoms. The van der Waals surface area contributed by atoms with Gasteiger partial charge in [-0.2, -0.15) is 0 Å². The summed E-state index contributed by atoms with van der Waals surface area (Å²) in [6, 6.07) is 19.7. The number of ketones is 1. The van der Waals surface area contributed by atoms with Gasteiger partial charge in [0.25, 0.3) is 0 Å². The van der Waals surface area contributed by atoms with Gasteiger partial charge < -0.3 is 14.6 Å². The van der Waals surface area contributed by atoms with Gasteiger partial charge in [-0.15, -0.1) is 11.3 Å². The molecule has 7 heteroatoms. The molecule has 0 spiro atoms. The van der Waals surface area contributed by atoms with Crippen LogP contribution in [0.3, 0.4) is 0 Å². The average Bonchev–Trinajstić information content (AvgIpc) is 3.39. The Balaban J connectivity index is 1.31. The second-order valence-corrected chi connectivity index (χ2v) is 12.0. The summed E-state index contributed by atoms with van der Waals surface area (Å²) in [7, 11) is 0. The molecule has 0 saturated carbocycles. The largest absolute Gasteiger partial charge is 0.508 e. The molecule has 0 unspecified atom stereocenters. The fraction of sp³-hybridized carbons (Fsp3) is 0.371. The molecule has 1 aliphatic rings. The number of ether oxygens (including phenoxy) is 2. The van der Waals surface area contributed by atoms with Gasteiger partial charge in [0, 0.05) is 39.1 Å². The van der Waals surface area contributed by atoms with Crippen LogP contribution in [-0.4, -0.2) is 48.0 Å². The number of unbranched alkanes of at least 4 members (excludes halogenated alkanes) is 3. The first-order valence-electron chi connectivity index (χ1n) is 15.1. The number of phenolic OH excluding ortho intramolecular Hbond substituents is 1. The average molecular weight is 586 g/mol. The number of hydrogen-bond donors (Lipinski definition) is 1. The SMILES string of the molecule is CCCCCCC(=O)Oc1ccc(-c2sc3cc(O)ccc3c2C(=O)c2ccc(OCCN3CCCCC3)cc2)cc1. The van der Waals surface area contributed by atoms with Gasteiger partial charge >= 0.3 is 5.97 Å². The Kier molecular flexibility index (Phi) is 10.3. The number of phenols is 1. The Bertz CT molecular complexity index is 1490. The van der Waals surface area contributed by atoms with Crippen molar-refractivity contribution in [3.05, 3.63) is 77.9 Å². The number of likely N-dealkylation sites (tertiary alicyclic amines) is 1. The van der Waals surface area contributed by atoms with E-state index in [4.69, 9.17) is 9.47 Å². The van der Waals surface area contributed by atoms with Crippen LogP contribution in [0.25, 0.3) is 20.5 Å². The summed E-state index contributed by atoms with van der Waals surface area (Å²) < 4.78 is 12.3. The van der Waals surface area contributed by atoms with E-state index in [1.165, 1.54) is 30.6 Å². The van der Waals surface area contributed by atoms with Crippen LogP contribution in [0.5, 0.6) is 17.2 Å². The van der Waals surface area contributed by atoms with E-state index in [0.29, 0.717) is 29.9 Å². The number of carbonyl (C=O) groups is 2. The first-order valence-corrected chi connectivity index (χ1v) is 15.9. The first-order chi connectivity index (χ1) is 20.5. The number of rotatable bonds is 13. The number of benzene rings is 3. The minimum atomic E-state index is -0.231. The van der Waals surface area contributed by atoms with Gasteiger partial charge in [0.2, 0.25) is 0 Å². The van der Waals surface area contributed by atoms with Crippen LogP contribution in [0.15, 0.2) is 66.7 Å². The van der Waals surface area contributed by atoms with E-state index in [2.05, 4.69) is 11.8 Å². The van der Waals surface area contributed by atoms with E-state index in [-0.39, 0.29) is 17.5 Å². The van der Waals surface area contributed by atoms with Crippen LogP contribution in [0.2, 0.25) is 0 Å². The normalized spacial score (nSPS) is 13.7. The highest BCUT2D eigenvalue weighted by atomic mass is 32.1. The highest BCUT2D eigenvalue weighted by molar-refractivity contribution is 7.22. The minimum absolute atomic E-state index is 0.0932. The number of thiophene rings is 1. The minimum Gasteiger partial charge on any atom is -0.508 e. The van der Waals surface area contributed by atoms with Gasteiger partial charge in [0.1, 0.15) is 23.9 Å². The van der Waals surface area contributed by atoms with Gasteiger partial charge in [-0.25, -0.2) is 0 Å². The van der Waals surface area contributed by atoms with Gasteiger partial charge in [0.05, 0.1) is 0 Å². The van der Waals surface area contributed by atoms with Crippen molar-refractivity contribution >= 4 is 33.2 Å². The summed E-state index contributed by atoms with van der Waals surface area (Å²) in [5, 5.41) is 10.9. The Morgan fingerprint density at radius 3 is 2.36 bits per heavy atom. The number of hydrogen-bond acceptors (Lipinski definition) is 7. The van der Waals surface area contributed by atoms with Crippen LogP contribution >= 0.6 is 11.3 Å². The number of carbonyl (C=O) groups excluding carboxylic acids is 2. The Morgan fingerprint density at radius 1 is 0.881 bits per heavy atom. The number of piperidine rings is 1. The van der Waals surface area contributed by atoms with Gasteiger partial charge in [-0.3, -0.25) is 14.5 Å². The van der Waals surface area contributed by atoms with Crippen molar-refractivity contribution in [1.29, 1.82) is 0 Å². The zero-order valence-corrected chi connectivity index (χ0v) is 25.1. The molecule has 0 atom stereocenters. The molecular weight excluding hydrogens is 546 g/mol. The van der Waals surface area contributed by atoms with E-state index in [1.54, 1.807) is 30.3 Å². The number of aromatic hydroxyl groups is 1. The highest BCUT2D eigenvalue weighted by Crippen LogP contribution is 2.41. The topological polar surface area (TPSA) is 76.1 Å². The van der Waals surface area contributed by atoms with Crippen LogP contribution < -0.4 is 9.47 Å². The Hall–Kier alpha value is -3.68. The quantitative estimate of drug-likeness (QED) is 0.0737. The van der Waals surface area contributed by atoms with Crippen molar-refractivity contribution in [3.63, 3.8) is 0 Å². The van der Waals surface area contributed by atoms with Crippen LogP contribution in [0.1, 0.15) is 74.2 Å². The lowest BCUT2D eigenvalue weighted by Gasteiger charge is -2.26. The summed E-state index contributed by atoms with van der Waals surface area (Å²) in [4.78, 5) is 29.4. The number of esters is 1. The Labute approximate surface area is 251 Å². The van der Waals surface area contributed by atoms with Gasteiger partial charge in [-0.05, 0) is 105 Å². The van der Waals surface area contributed by atoms with Crippen molar-refractivity contribution in [2.45, 2.75) is 58.3 Å². The third-order valence-corrected chi connectivity index (χ3v) is 8.93. The molecule has 1 aromatic heterocycles. The molecule has 220 valence electrons. The molecule has 0 aliphatic carbocycles. The molecule has 4 aromatic rings. The predicted molar refractivity (Wildman–Crippen MR) is 169 cm³/mol. The smallest absolute Gasteiger partial charge is 0.311 e. The molecule has 0 bridgehead atoms. The van der Waals surface area contributed by atoms with E-state index >= 15 is 0 Å². The van der Waals surface area contributed by atoms with E-state index in [1.807, 2.05) is 36.4 Å². The van der Waals surface area contributed by atoms with Crippen molar-refractivity contribution in [3.8, 4) is 27.7 Å². The fourth-order valence-electron chi connectivity index (χ4n) is 5.39. The zero-order valence-electron chi connectivity index (χ0n) is 24.3. The molecule has 1 aliphatic heterocycles. The molecule has 1 saturated heterocycles. The van der Waals surface area contributed by atoms with Crippen molar-refractivity contribution < 1.29 is 24.2 Å². The standard InChI is InChI=1S/C35H39NO5S/c1-2-3-4-6-9-32(38)41-29-17-12-26(13-18-29)35-33(30-19-14-27(37)24-31(30)42-35)34(39)25-10-15-28(16-11-25)40-23-22-36-20-7-5-8-21-36/h10-19,24,37H,2-9,20-23H2,1H3. The van der Waals surface area contributed by atoms with Crippen LogP contribution in [-0.2, 0) is 4.79 Å². The second-order valence-electron chi connectivity index (χ2n) is 10.9. The summed E-state index contributed by atoms with van der Waals surface area (Å²) >= 11 is 1.46. The fourth-order valence-corrected chi connectivity index (χ4v) is 6.63. The van der Waals surface area contributed by atoms with Crippen molar-refractivity contribution in [1.82, 2.24) is 4.90 Å². The first kappa shape index (κ1) is 29.8. The third kappa shape index (κ3) is 7.58. The molecule has 1 N–H and O–H groups in total. The molecule has 0 amide bonds. The summed E-state index contributed by atoms with van der Waals surface area (Å²) in [5.41, 5.74) is 2.01. The van der Waals surface area contributed by atoms with E-state index in [0.717, 1.165) is 71.6 Å². The molecule has 6 nitrogen and oxygen atoms in total. The molecule has 0 radical (unpaired) electrons. The lowest BCUT2D eigenvalue weighted by Crippen LogP contribution is -2.33. The van der Waals surface area contributed by atoms with Crippen molar-refractivity contribution in [2.75, 3.05) is 26.2 Å². The zero-order chi connectivity index (χ0) is 29.3. The number of nitrogens with zero attached hydrogens (tertiary/aromatic N) is 1. The molecule has 5 rings (SSSR count). The third-order valence-electron chi connectivity index (χ3n) is 7.72. The highest BCUT2D eigenvalue weighted by Gasteiger charge is 2.22. The maximum absolute atomic E-state index is 13.9.